The molecule has 2 aliphatic rings. The van der Waals surface area contributed by atoms with Gasteiger partial charge < -0.3 is 25.5 Å². The topological polar surface area (TPSA) is 119 Å². The Balaban J connectivity index is 1.95. The molecule has 222 valence electrons. The van der Waals surface area contributed by atoms with Crippen LogP contribution >= 0.6 is 0 Å². The smallest absolute Gasteiger partial charge is 0.318 e. The summed E-state index contributed by atoms with van der Waals surface area (Å²) < 4.78 is 0. The van der Waals surface area contributed by atoms with E-state index < -0.39 is 24.2 Å². The zero-order valence-electron chi connectivity index (χ0n) is 24.8. The van der Waals surface area contributed by atoms with Crippen molar-refractivity contribution in [3.63, 3.8) is 0 Å². The monoisotopic (exact) mass is 548 g/mol. The Bertz CT molecular complexity index is 864. The van der Waals surface area contributed by atoms with Crippen LogP contribution in [0.1, 0.15) is 92.4 Å². The number of aliphatic hydroxyl groups is 1. The first-order valence-electron chi connectivity index (χ1n) is 15.0. The van der Waals surface area contributed by atoms with Crippen molar-refractivity contribution in [2.24, 2.45) is 17.3 Å². The van der Waals surface area contributed by atoms with Gasteiger partial charge in [0.05, 0.1) is 24.7 Å². The molecule has 0 aromatic heterocycles. The summed E-state index contributed by atoms with van der Waals surface area (Å²) in [6, 6.07) is -1.99. The van der Waals surface area contributed by atoms with E-state index in [-0.39, 0.29) is 48.9 Å². The molecule has 2 aliphatic heterocycles. The van der Waals surface area contributed by atoms with Crippen LogP contribution in [0.2, 0.25) is 0 Å². The van der Waals surface area contributed by atoms with Crippen molar-refractivity contribution in [1.82, 2.24) is 20.4 Å². The number of Topliss-reactive ketones (excluding diaryl/α,β-unsaturated/α-hetero) is 1. The van der Waals surface area contributed by atoms with Gasteiger partial charge in [-0.05, 0) is 42.9 Å². The number of hydrogen-bond acceptors (Lipinski definition) is 5. The summed E-state index contributed by atoms with van der Waals surface area (Å²) in [6.07, 6.45) is 7.49. The van der Waals surface area contributed by atoms with Gasteiger partial charge in [0.2, 0.25) is 11.8 Å². The second-order valence-electron chi connectivity index (χ2n) is 11.8. The molecule has 0 aromatic carbocycles. The highest BCUT2D eigenvalue weighted by molar-refractivity contribution is 5.96. The van der Waals surface area contributed by atoms with Crippen molar-refractivity contribution in [3.05, 3.63) is 12.7 Å². The standard InChI is InChI=1S/C30H52N4O5/c1-7-14-30(6,10-4)18-27(37)33-16-11-12-24(33)28(38)25-17-23(35)20-34(25)29(39)32-19-26(36)31-15-13-22(9-3)21(5)8-2/h10,21-25,35H,4,7-9,11-20H2,1-3,5-6H3,(H,31,36)(H,32,39). The maximum Gasteiger partial charge on any atom is 0.318 e. The molecule has 2 rings (SSSR count). The summed E-state index contributed by atoms with van der Waals surface area (Å²) in [5.41, 5.74) is -0.330. The van der Waals surface area contributed by atoms with Crippen molar-refractivity contribution in [2.75, 3.05) is 26.2 Å². The zero-order chi connectivity index (χ0) is 29.2. The first-order chi connectivity index (χ1) is 18.5. The molecule has 9 heteroatoms. The van der Waals surface area contributed by atoms with Gasteiger partial charge in [0.15, 0.2) is 5.78 Å². The molecule has 2 heterocycles. The third-order valence-electron chi connectivity index (χ3n) is 8.85. The van der Waals surface area contributed by atoms with Gasteiger partial charge in [0.25, 0.3) is 0 Å². The SMILES string of the molecule is C=CC(C)(CCC)CC(=O)N1CCCC1C(=O)C1CC(O)CN1C(=O)NCC(=O)NCCC(CC)C(C)CC. The summed E-state index contributed by atoms with van der Waals surface area (Å²) in [4.78, 5) is 55.1. The summed E-state index contributed by atoms with van der Waals surface area (Å²) >= 11 is 0. The molecule has 0 bridgehead atoms. The summed E-state index contributed by atoms with van der Waals surface area (Å²) in [7, 11) is 0. The van der Waals surface area contributed by atoms with Crippen molar-refractivity contribution in [3.8, 4) is 0 Å². The fourth-order valence-corrected chi connectivity index (χ4v) is 6.11. The predicted octanol–water partition coefficient (Wildman–Crippen LogP) is 3.65. The molecule has 0 saturated carbocycles. The number of rotatable bonds is 15. The molecule has 2 fully saturated rings. The summed E-state index contributed by atoms with van der Waals surface area (Å²) in [6.45, 7) is 15.4. The van der Waals surface area contributed by atoms with Gasteiger partial charge in [0, 0.05) is 32.5 Å². The number of ketones is 1. The van der Waals surface area contributed by atoms with Gasteiger partial charge in [0.1, 0.15) is 0 Å². The number of urea groups is 1. The number of likely N-dealkylation sites (tertiary alicyclic amines) is 2. The van der Waals surface area contributed by atoms with E-state index in [1.54, 1.807) is 4.90 Å². The second kappa shape index (κ2) is 15.4. The van der Waals surface area contributed by atoms with Crippen LogP contribution in [0.3, 0.4) is 0 Å². The number of aliphatic hydroxyl groups excluding tert-OH is 1. The van der Waals surface area contributed by atoms with E-state index in [0.717, 1.165) is 38.5 Å². The van der Waals surface area contributed by atoms with E-state index >= 15 is 0 Å². The fourth-order valence-electron chi connectivity index (χ4n) is 6.11. The van der Waals surface area contributed by atoms with E-state index in [1.807, 2.05) is 13.0 Å². The fraction of sp³-hybridized carbons (Fsp3) is 0.800. The number of carbonyl (C=O) groups is 4. The number of hydrogen-bond donors (Lipinski definition) is 3. The Kier molecular flexibility index (Phi) is 12.9. The number of amides is 4. The van der Waals surface area contributed by atoms with Gasteiger partial charge in [-0.25, -0.2) is 4.79 Å². The maximum absolute atomic E-state index is 13.6. The first-order valence-corrected chi connectivity index (χ1v) is 15.0. The third-order valence-corrected chi connectivity index (χ3v) is 8.85. The number of nitrogens with zero attached hydrogens (tertiary/aromatic N) is 2. The average Bonchev–Trinajstić information content (AvgIpc) is 3.56. The molecular weight excluding hydrogens is 496 g/mol. The van der Waals surface area contributed by atoms with Crippen LogP contribution in [-0.4, -0.2) is 82.9 Å². The molecule has 0 radical (unpaired) electrons. The molecule has 4 amide bonds. The molecule has 9 nitrogen and oxygen atoms in total. The normalized spacial score (nSPS) is 24.1. The Labute approximate surface area is 235 Å². The number of allylic oxidation sites excluding steroid dienone is 1. The largest absolute Gasteiger partial charge is 0.391 e. The molecule has 0 aliphatic carbocycles. The minimum Gasteiger partial charge on any atom is -0.391 e. The van der Waals surface area contributed by atoms with Crippen LogP contribution in [0.25, 0.3) is 0 Å². The summed E-state index contributed by atoms with van der Waals surface area (Å²) in [5, 5.41) is 15.8. The Morgan fingerprint density at radius 3 is 2.44 bits per heavy atom. The van der Waals surface area contributed by atoms with Crippen LogP contribution in [0, 0.1) is 17.3 Å². The van der Waals surface area contributed by atoms with Crippen LogP contribution in [0.15, 0.2) is 12.7 Å². The Morgan fingerprint density at radius 1 is 1.10 bits per heavy atom. The highest BCUT2D eigenvalue weighted by Gasteiger charge is 2.45. The Morgan fingerprint density at radius 2 is 1.82 bits per heavy atom. The van der Waals surface area contributed by atoms with E-state index in [9.17, 15) is 24.3 Å². The zero-order valence-corrected chi connectivity index (χ0v) is 24.8. The number of nitrogens with one attached hydrogen (secondary N) is 2. The van der Waals surface area contributed by atoms with Crippen LogP contribution in [-0.2, 0) is 14.4 Å². The third kappa shape index (κ3) is 9.05. The van der Waals surface area contributed by atoms with Crippen molar-refractivity contribution in [1.29, 1.82) is 0 Å². The minimum absolute atomic E-state index is 0.0165. The quantitative estimate of drug-likeness (QED) is 0.270. The highest BCUT2D eigenvalue weighted by atomic mass is 16.3. The highest BCUT2D eigenvalue weighted by Crippen LogP contribution is 2.32. The van der Waals surface area contributed by atoms with Crippen molar-refractivity contribution < 1.29 is 24.3 Å². The predicted molar refractivity (Wildman–Crippen MR) is 153 cm³/mol. The lowest BCUT2D eigenvalue weighted by Gasteiger charge is -2.32. The van der Waals surface area contributed by atoms with Crippen molar-refractivity contribution >= 4 is 23.6 Å². The van der Waals surface area contributed by atoms with Gasteiger partial charge in [-0.15, -0.1) is 6.58 Å². The molecule has 2 saturated heterocycles. The Hall–Kier alpha value is -2.42. The van der Waals surface area contributed by atoms with Gasteiger partial charge in [-0.3, -0.25) is 14.4 Å². The molecular formula is C30H52N4O5. The van der Waals surface area contributed by atoms with E-state index in [0.29, 0.717) is 31.3 Å². The molecule has 6 atom stereocenters. The van der Waals surface area contributed by atoms with Crippen LogP contribution in [0.5, 0.6) is 0 Å². The molecule has 3 N–H and O–H groups in total. The van der Waals surface area contributed by atoms with E-state index in [1.165, 1.54) is 4.90 Å². The van der Waals surface area contributed by atoms with Crippen molar-refractivity contribution in [2.45, 2.75) is 111 Å². The van der Waals surface area contributed by atoms with Gasteiger partial charge in [-0.1, -0.05) is 60.0 Å². The lowest BCUT2D eigenvalue weighted by atomic mass is 9.82. The number of carbonyl (C=O) groups excluding carboxylic acids is 4. The maximum atomic E-state index is 13.6. The van der Waals surface area contributed by atoms with Gasteiger partial charge in [-0.2, -0.15) is 0 Å². The molecule has 6 unspecified atom stereocenters. The summed E-state index contributed by atoms with van der Waals surface area (Å²) in [5.74, 6) is 0.559. The van der Waals surface area contributed by atoms with E-state index in [2.05, 4.69) is 44.9 Å². The molecule has 39 heavy (non-hydrogen) atoms. The minimum atomic E-state index is -0.830. The second-order valence-corrected chi connectivity index (χ2v) is 11.8. The van der Waals surface area contributed by atoms with Crippen LogP contribution in [0.4, 0.5) is 4.79 Å². The first kappa shape index (κ1) is 32.8. The number of β-amino-alcohol motifs (C(OH)–C–C–N with tert-alkyl or cyclic N) is 1. The lowest BCUT2D eigenvalue weighted by Crippen LogP contribution is -2.53. The van der Waals surface area contributed by atoms with Crippen LogP contribution < -0.4 is 10.6 Å². The molecule has 0 spiro atoms. The lowest BCUT2D eigenvalue weighted by molar-refractivity contribution is -0.140. The average molecular weight is 549 g/mol. The van der Waals surface area contributed by atoms with Gasteiger partial charge >= 0.3 is 6.03 Å². The van der Waals surface area contributed by atoms with E-state index in [4.69, 9.17) is 0 Å². The molecule has 0 aromatic rings.